The summed E-state index contributed by atoms with van der Waals surface area (Å²) >= 11 is 1.84. The summed E-state index contributed by atoms with van der Waals surface area (Å²) in [6.07, 6.45) is 0. The van der Waals surface area contributed by atoms with Crippen LogP contribution in [0.1, 0.15) is 5.56 Å². The van der Waals surface area contributed by atoms with Gasteiger partial charge in [-0.15, -0.1) is 11.3 Å². The smallest absolute Gasteiger partial charge is 0.160 e. The molecule has 0 aliphatic rings. The number of benzene rings is 7. The van der Waals surface area contributed by atoms with Crippen LogP contribution in [0.4, 0.5) is 0 Å². The number of hydrogen-bond acceptors (Lipinski definition) is 4. The maximum absolute atomic E-state index is 9.57. The van der Waals surface area contributed by atoms with Gasteiger partial charge in [0.1, 0.15) is 0 Å². The zero-order valence-electron chi connectivity index (χ0n) is 27.9. The second-order valence-corrected chi connectivity index (χ2v) is 14.0. The monoisotopic (exact) mass is 680 g/mol. The van der Waals surface area contributed by atoms with Gasteiger partial charge in [-0.25, -0.2) is 9.97 Å². The fraction of sp³-hybridized carbons (Fsp3) is 0. The van der Waals surface area contributed by atoms with Crippen molar-refractivity contribution in [3.63, 3.8) is 0 Å². The van der Waals surface area contributed by atoms with Crippen molar-refractivity contribution in [2.45, 2.75) is 0 Å². The van der Waals surface area contributed by atoms with Crippen LogP contribution in [0.2, 0.25) is 0 Å². The Morgan fingerprint density at radius 3 is 1.81 bits per heavy atom. The minimum absolute atomic E-state index is 0.626. The van der Waals surface area contributed by atoms with E-state index in [9.17, 15) is 5.26 Å². The number of para-hydroxylation sites is 1. The number of nitriles is 1. The third-order valence-corrected chi connectivity index (χ3v) is 11.0. The van der Waals surface area contributed by atoms with Crippen molar-refractivity contribution in [3.05, 3.63) is 175 Å². The van der Waals surface area contributed by atoms with Gasteiger partial charge in [-0.3, -0.25) is 0 Å². The van der Waals surface area contributed by atoms with Gasteiger partial charge >= 0.3 is 0 Å². The zero-order valence-corrected chi connectivity index (χ0v) is 28.7. The largest absolute Gasteiger partial charge is 0.308 e. The van der Waals surface area contributed by atoms with Gasteiger partial charge in [0.2, 0.25) is 0 Å². The molecule has 0 fully saturated rings. The molecule has 3 heterocycles. The second kappa shape index (κ2) is 12.2. The first-order valence-corrected chi connectivity index (χ1v) is 18.0. The number of hydrogen-bond donors (Lipinski definition) is 0. The van der Waals surface area contributed by atoms with Crippen molar-refractivity contribution in [2.75, 3.05) is 0 Å². The summed E-state index contributed by atoms with van der Waals surface area (Å²) in [5.74, 6) is 0.643. The Bertz CT molecular complexity index is 2950. The summed E-state index contributed by atoms with van der Waals surface area (Å²) in [6.45, 7) is 0. The number of thiophene rings is 1. The molecule has 10 rings (SSSR count). The Balaban J connectivity index is 1.29. The van der Waals surface area contributed by atoms with Gasteiger partial charge in [-0.2, -0.15) is 5.26 Å². The molecule has 242 valence electrons. The van der Waals surface area contributed by atoms with Gasteiger partial charge in [0.05, 0.1) is 38.8 Å². The zero-order chi connectivity index (χ0) is 34.6. The van der Waals surface area contributed by atoms with Crippen molar-refractivity contribution in [2.24, 2.45) is 0 Å². The highest BCUT2D eigenvalue weighted by molar-refractivity contribution is 7.26. The van der Waals surface area contributed by atoms with E-state index in [1.807, 2.05) is 72.0 Å². The van der Waals surface area contributed by atoms with Gasteiger partial charge in [-0.1, -0.05) is 121 Å². The number of aromatic nitrogens is 3. The molecule has 3 aromatic heterocycles. The van der Waals surface area contributed by atoms with Crippen molar-refractivity contribution in [3.8, 4) is 56.8 Å². The summed E-state index contributed by atoms with van der Waals surface area (Å²) in [5, 5.41) is 14.5. The molecule has 0 bridgehead atoms. The first kappa shape index (κ1) is 30.0. The molecule has 52 heavy (non-hydrogen) atoms. The topological polar surface area (TPSA) is 54.5 Å². The van der Waals surface area contributed by atoms with Crippen LogP contribution in [0, 0.1) is 11.3 Å². The Hall–Kier alpha value is -6.87. The molecule has 0 saturated heterocycles. The molecule has 10 aromatic rings. The quantitative estimate of drug-likeness (QED) is 0.182. The van der Waals surface area contributed by atoms with E-state index in [-0.39, 0.29) is 0 Å². The average molecular weight is 681 g/mol. The van der Waals surface area contributed by atoms with Crippen LogP contribution in [0.15, 0.2) is 170 Å². The highest BCUT2D eigenvalue weighted by Gasteiger charge is 2.20. The van der Waals surface area contributed by atoms with Crippen LogP contribution >= 0.6 is 11.3 Å². The van der Waals surface area contributed by atoms with E-state index in [2.05, 4.69) is 120 Å². The van der Waals surface area contributed by atoms with E-state index >= 15 is 0 Å². The molecule has 0 unspecified atom stereocenters. The van der Waals surface area contributed by atoms with E-state index in [4.69, 9.17) is 9.97 Å². The van der Waals surface area contributed by atoms with E-state index < -0.39 is 0 Å². The van der Waals surface area contributed by atoms with Gasteiger partial charge < -0.3 is 4.57 Å². The van der Waals surface area contributed by atoms with Crippen LogP contribution in [0.3, 0.4) is 0 Å². The summed E-state index contributed by atoms with van der Waals surface area (Å²) in [6, 6.07) is 61.3. The number of fused-ring (bicyclic) bond motifs is 7. The lowest BCUT2D eigenvalue weighted by Crippen LogP contribution is -1.99. The lowest BCUT2D eigenvalue weighted by atomic mass is 9.99. The minimum Gasteiger partial charge on any atom is -0.308 e. The van der Waals surface area contributed by atoms with E-state index in [0.717, 1.165) is 50.4 Å². The molecule has 5 heteroatoms. The lowest BCUT2D eigenvalue weighted by molar-refractivity contribution is 1.16. The molecule has 0 atom stereocenters. The van der Waals surface area contributed by atoms with Crippen LogP contribution in [-0.2, 0) is 0 Å². The predicted molar refractivity (Wildman–Crippen MR) is 216 cm³/mol. The Labute approximate surface area is 304 Å². The molecular weight excluding hydrogens is 653 g/mol. The molecule has 0 aliphatic carbocycles. The summed E-state index contributed by atoms with van der Waals surface area (Å²) in [4.78, 5) is 10.5. The molecule has 0 amide bonds. The molecule has 0 aliphatic heterocycles. The fourth-order valence-electron chi connectivity index (χ4n) is 7.36. The van der Waals surface area contributed by atoms with Crippen LogP contribution in [0.5, 0.6) is 0 Å². The van der Waals surface area contributed by atoms with E-state index in [1.165, 1.54) is 36.5 Å². The molecule has 0 spiro atoms. The maximum atomic E-state index is 9.57. The summed E-state index contributed by atoms with van der Waals surface area (Å²) in [5.41, 5.74) is 10.7. The van der Waals surface area contributed by atoms with Crippen LogP contribution in [-0.4, -0.2) is 14.5 Å². The number of rotatable bonds is 5. The molecule has 0 N–H and O–H groups in total. The van der Waals surface area contributed by atoms with E-state index in [1.54, 1.807) is 0 Å². The standard InChI is InChI=1S/C47H28N4S/c48-29-30-19-21-31(22-20-30)34-25-35(47-49-41(32-11-3-1-4-12-32)28-42(50-47)33-13-5-2-6-14-33)27-36(26-34)51-43-17-9-7-15-37(43)39-23-24-40-38-16-8-10-18-44(38)52-46(40)45(39)51/h1-28H. The number of nitrogens with zero attached hydrogens (tertiary/aromatic N) is 4. The third kappa shape index (κ3) is 4.97. The van der Waals surface area contributed by atoms with Crippen molar-refractivity contribution >= 4 is 53.3 Å². The van der Waals surface area contributed by atoms with Gasteiger partial charge in [0, 0.05) is 48.6 Å². The Morgan fingerprint density at radius 1 is 0.481 bits per heavy atom. The highest BCUT2D eigenvalue weighted by Crippen LogP contribution is 2.44. The summed E-state index contributed by atoms with van der Waals surface area (Å²) in [7, 11) is 0. The fourth-order valence-corrected chi connectivity index (χ4v) is 8.60. The minimum atomic E-state index is 0.626. The summed E-state index contributed by atoms with van der Waals surface area (Å²) < 4.78 is 4.94. The van der Waals surface area contributed by atoms with Gasteiger partial charge in [0.15, 0.2) is 5.82 Å². The average Bonchev–Trinajstić information content (AvgIpc) is 3.77. The Kier molecular flexibility index (Phi) is 7.02. The molecule has 7 aromatic carbocycles. The first-order chi connectivity index (χ1) is 25.7. The van der Waals surface area contributed by atoms with E-state index in [0.29, 0.717) is 11.4 Å². The Morgan fingerprint density at radius 2 is 1.10 bits per heavy atom. The maximum Gasteiger partial charge on any atom is 0.160 e. The van der Waals surface area contributed by atoms with Crippen molar-refractivity contribution < 1.29 is 0 Å². The lowest BCUT2D eigenvalue weighted by Gasteiger charge is -2.15. The first-order valence-electron chi connectivity index (χ1n) is 17.2. The normalized spacial score (nSPS) is 11.4. The molecule has 0 radical (unpaired) electrons. The highest BCUT2D eigenvalue weighted by atomic mass is 32.1. The predicted octanol–water partition coefficient (Wildman–Crippen LogP) is 12.5. The van der Waals surface area contributed by atoms with Gasteiger partial charge in [-0.05, 0) is 59.7 Å². The van der Waals surface area contributed by atoms with Crippen molar-refractivity contribution in [1.29, 1.82) is 5.26 Å². The molecular formula is C47H28N4S. The SMILES string of the molecule is N#Cc1ccc(-c2cc(-c3nc(-c4ccccc4)cc(-c4ccccc4)n3)cc(-n3c4ccccc4c4ccc5c6ccccc6sc5c43)c2)cc1. The molecule has 4 nitrogen and oxygen atoms in total. The molecule has 0 saturated carbocycles. The van der Waals surface area contributed by atoms with Crippen LogP contribution in [0.25, 0.3) is 92.7 Å². The van der Waals surface area contributed by atoms with Crippen molar-refractivity contribution in [1.82, 2.24) is 14.5 Å². The van der Waals surface area contributed by atoms with Crippen LogP contribution < -0.4 is 0 Å². The second-order valence-electron chi connectivity index (χ2n) is 12.9. The van der Waals surface area contributed by atoms with Gasteiger partial charge in [0.25, 0.3) is 0 Å². The third-order valence-electron chi connectivity index (χ3n) is 9.83.